The van der Waals surface area contributed by atoms with E-state index in [0.717, 1.165) is 12.0 Å². The number of fused-ring (bicyclic) bond motifs is 1. The molecule has 0 aliphatic heterocycles. The first-order valence-electron chi connectivity index (χ1n) is 8.98. The quantitative estimate of drug-likeness (QED) is 0.483. The molecule has 28 heavy (non-hydrogen) atoms. The molecule has 7 heteroatoms. The Morgan fingerprint density at radius 1 is 1.14 bits per heavy atom. The third-order valence-corrected chi connectivity index (χ3v) is 5.46. The van der Waals surface area contributed by atoms with Crippen molar-refractivity contribution < 1.29 is 9.21 Å². The molecule has 0 bridgehead atoms. The van der Waals surface area contributed by atoms with Crippen LogP contribution >= 0.6 is 11.3 Å². The number of carbonyl (C=O) groups excluding carboxylic acids is 1. The van der Waals surface area contributed by atoms with Gasteiger partial charge in [0.05, 0.1) is 5.52 Å². The minimum absolute atomic E-state index is 0.0550. The maximum absolute atomic E-state index is 13.1. The summed E-state index contributed by atoms with van der Waals surface area (Å²) in [5, 5.41) is 2.03. The maximum atomic E-state index is 13.1. The second kappa shape index (κ2) is 8.22. The molecule has 0 N–H and O–H groups in total. The highest BCUT2D eigenvalue weighted by atomic mass is 32.1. The van der Waals surface area contributed by atoms with Gasteiger partial charge in [0.25, 0.3) is 0 Å². The third kappa shape index (κ3) is 4.04. The van der Waals surface area contributed by atoms with Gasteiger partial charge in [-0.25, -0.2) is 4.79 Å². The van der Waals surface area contributed by atoms with Gasteiger partial charge in [-0.15, -0.1) is 11.3 Å². The Hall–Kier alpha value is -3.19. The van der Waals surface area contributed by atoms with Gasteiger partial charge >= 0.3 is 5.76 Å². The van der Waals surface area contributed by atoms with E-state index < -0.39 is 5.76 Å². The van der Waals surface area contributed by atoms with E-state index in [-0.39, 0.29) is 12.5 Å². The highest BCUT2D eigenvalue weighted by Gasteiger charge is 2.18. The van der Waals surface area contributed by atoms with E-state index in [4.69, 9.17) is 4.42 Å². The van der Waals surface area contributed by atoms with Gasteiger partial charge in [0.2, 0.25) is 5.91 Å². The van der Waals surface area contributed by atoms with Crippen LogP contribution in [0, 0.1) is 0 Å². The van der Waals surface area contributed by atoms with E-state index in [0.29, 0.717) is 24.2 Å². The van der Waals surface area contributed by atoms with Gasteiger partial charge in [0.1, 0.15) is 6.54 Å². The number of para-hydroxylation sites is 2. The standard InChI is InChI=1S/C21H19N3O3S/c25-20(15-24-18-7-1-2-8-19(18)27-21(24)26)23(11-9-17-6-4-12-28-17)14-16-5-3-10-22-13-16/h1-8,10,12-13H,9,11,14-15H2. The van der Waals surface area contributed by atoms with Crippen LogP contribution in [0.2, 0.25) is 0 Å². The molecule has 0 aliphatic carbocycles. The van der Waals surface area contributed by atoms with Crippen LogP contribution in [0.5, 0.6) is 0 Å². The number of benzene rings is 1. The number of rotatable bonds is 7. The molecule has 142 valence electrons. The molecule has 1 amide bonds. The minimum Gasteiger partial charge on any atom is -0.408 e. The minimum atomic E-state index is -0.519. The Bertz CT molecular complexity index is 1120. The van der Waals surface area contributed by atoms with Gasteiger partial charge in [-0.2, -0.15) is 0 Å². The fourth-order valence-corrected chi connectivity index (χ4v) is 3.80. The number of hydrogen-bond donors (Lipinski definition) is 0. The number of thiophene rings is 1. The predicted molar refractivity (Wildman–Crippen MR) is 108 cm³/mol. The van der Waals surface area contributed by atoms with Crippen molar-refractivity contribution in [2.24, 2.45) is 0 Å². The van der Waals surface area contributed by atoms with Gasteiger partial charge in [0, 0.05) is 30.4 Å². The zero-order chi connectivity index (χ0) is 19.3. The molecule has 0 unspecified atom stereocenters. The highest BCUT2D eigenvalue weighted by molar-refractivity contribution is 7.09. The second-order valence-corrected chi connectivity index (χ2v) is 7.46. The fourth-order valence-electron chi connectivity index (χ4n) is 3.10. The molecule has 6 nitrogen and oxygen atoms in total. The summed E-state index contributed by atoms with van der Waals surface area (Å²) < 4.78 is 6.63. The van der Waals surface area contributed by atoms with Crippen LogP contribution in [0.1, 0.15) is 10.4 Å². The zero-order valence-electron chi connectivity index (χ0n) is 15.2. The van der Waals surface area contributed by atoms with E-state index >= 15 is 0 Å². The van der Waals surface area contributed by atoms with Crippen LogP contribution < -0.4 is 5.76 Å². The zero-order valence-corrected chi connectivity index (χ0v) is 16.0. The van der Waals surface area contributed by atoms with Crippen LogP contribution in [0.25, 0.3) is 11.1 Å². The van der Waals surface area contributed by atoms with E-state index in [1.165, 1.54) is 9.44 Å². The molecule has 0 saturated heterocycles. The smallest absolute Gasteiger partial charge is 0.408 e. The Morgan fingerprint density at radius 2 is 2.04 bits per heavy atom. The van der Waals surface area contributed by atoms with E-state index in [2.05, 4.69) is 11.1 Å². The molecular weight excluding hydrogens is 374 g/mol. The van der Waals surface area contributed by atoms with Crippen molar-refractivity contribution in [3.05, 3.63) is 87.3 Å². The lowest BCUT2D eigenvalue weighted by molar-refractivity contribution is -0.132. The Labute approximate surface area is 165 Å². The Kier molecular flexibility index (Phi) is 5.34. The molecule has 4 aromatic rings. The Morgan fingerprint density at radius 3 is 2.82 bits per heavy atom. The average Bonchev–Trinajstić information content (AvgIpc) is 3.34. The van der Waals surface area contributed by atoms with E-state index in [9.17, 15) is 9.59 Å². The summed E-state index contributed by atoms with van der Waals surface area (Å²) in [5.74, 6) is -0.650. The number of nitrogens with zero attached hydrogens (tertiary/aromatic N) is 3. The summed E-state index contributed by atoms with van der Waals surface area (Å²) in [6, 6.07) is 15.0. The molecule has 0 radical (unpaired) electrons. The van der Waals surface area contributed by atoms with Gasteiger partial charge < -0.3 is 9.32 Å². The highest BCUT2D eigenvalue weighted by Crippen LogP contribution is 2.14. The summed E-state index contributed by atoms with van der Waals surface area (Å²) in [5.41, 5.74) is 2.06. The van der Waals surface area contributed by atoms with Crippen molar-refractivity contribution >= 4 is 28.3 Å². The topological polar surface area (TPSA) is 68.3 Å². The van der Waals surface area contributed by atoms with Gasteiger partial charge in [-0.1, -0.05) is 24.3 Å². The molecule has 1 aromatic carbocycles. The first-order valence-corrected chi connectivity index (χ1v) is 9.86. The third-order valence-electron chi connectivity index (χ3n) is 4.52. The van der Waals surface area contributed by atoms with Crippen molar-refractivity contribution in [1.29, 1.82) is 0 Å². The lowest BCUT2D eigenvalue weighted by Gasteiger charge is -2.22. The van der Waals surface area contributed by atoms with Crippen LogP contribution in [-0.2, 0) is 24.3 Å². The van der Waals surface area contributed by atoms with E-state index in [1.54, 1.807) is 46.8 Å². The monoisotopic (exact) mass is 393 g/mol. The van der Waals surface area contributed by atoms with Crippen molar-refractivity contribution in [2.75, 3.05) is 6.54 Å². The molecule has 3 heterocycles. The number of aromatic nitrogens is 2. The van der Waals surface area contributed by atoms with Gasteiger partial charge in [0.15, 0.2) is 5.58 Å². The van der Waals surface area contributed by atoms with Crippen LogP contribution in [0.4, 0.5) is 0 Å². The van der Waals surface area contributed by atoms with Crippen molar-refractivity contribution in [3.8, 4) is 0 Å². The number of amides is 1. The molecule has 0 saturated carbocycles. The van der Waals surface area contributed by atoms with Crippen LogP contribution in [-0.4, -0.2) is 26.9 Å². The summed E-state index contributed by atoms with van der Waals surface area (Å²) >= 11 is 1.67. The first kappa shape index (κ1) is 18.2. The van der Waals surface area contributed by atoms with Crippen LogP contribution in [0.3, 0.4) is 0 Å². The molecule has 0 fully saturated rings. The molecule has 3 aromatic heterocycles. The summed E-state index contributed by atoms with van der Waals surface area (Å²) in [6.07, 6.45) is 4.23. The molecule has 4 rings (SSSR count). The number of hydrogen-bond acceptors (Lipinski definition) is 5. The molecule has 0 atom stereocenters. The SMILES string of the molecule is O=C(Cn1c(=O)oc2ccccc21)N(CCc1cccs1)Cc1cccnc1. The number of carbonyl (C=O) groups is 1. The fraction of sp³-hybridized carbons (Fsp3) is 0.190. The summed E-state index contributed by atoms with van der Waals surface area (Å²) in [6.45, 7) is 0.960. The Balaban J connectivity index is 1.56. The van der Waals surface area contributed by atoms with Crippen molar-refractivity contribution in [3.63, 3.8) is 0 Å². The van der Waals surface area contributed by atoms with Gasteiger partial charge in [-0.05, 0) is 41.6 Å². The lowest BCUT2D eigenvalue weighted by Crippen LogP contribution is -2.36. The molecular formula is C21H19N3O3S. The lowest BCUT2D eigenvalue weighted by atomic mass is 10.2. The molecule has 0 aliphatic rings. The largest absolute Gasteiger partial charge is 0.420 e. The van der Waals surface area contributed by atoms with Gasteiger partial charge in [-0.3, -0.25) is 14.3 Å². The normalized spacial score (nSPS) is 11.0. The van der Waals surface area contributed by atoms with Crippen molar-refractivity contribution in [2.45, 2.75) is 19.5 Å². The van der Waals surface area contributed by atoms with Crippen LogP contribution in [0.15, 0.2) is 75.5 Å². The van der Waals surface area contributed by atoms with Crippen molar-refractivity contribution in [1.82, 2.24) is 14.5 Å². The average molecular weight is 393 g/mol. The molecule has 0 spiro atoms. The number of pyridine rings is 1. The summed E-state index contributed by atoms with van der Waals surface area (Å²) in [7, 11) is 0. The first-order chi connectivity index (χ1) is 13.7. The maximum Gasteiger partial charge on any atom is 0.420 e. The number of oxazole rings is 1. The second-order valence-electron chi connectivity index (χ2n) is 6.43. The predicted octanol–water partition coefficient (Wildman–Crippen LogP) is 3.32. The van der Waals surface area contributed by atoms with E-state index in [1.807, 2.05) is 29.6 Å². The summed E-state index contributed by atoms with van der Waals surface area (Å²) in [4.78, 5) is 32.4.